The average molecular weight is 265 g/mol. The van der Waals surface area contributed by atoms with E-state index in [-0.39, 0.29) is 17.5 Å². The number of nitrogens with zero attached hydrogens (tertiary/aromatic N) is 1. The number of carboxylic acids is 1. The fourth-order valence-corrected chi connectivity index (χ4v) is 2.20. The van der Waals surface area contributed by atoms with Gasteiger partial charge in [0.05, 0.1) is 6.61 Å². The minimum Gasteiger partial charge on any atom is -0.477 e. The van der Waals surface area contributed by atoms with Crippen molar-refractivity contribution >= 4 is 5.97 Å². The van der Waals surface area contributed by atoms with Crippen LogP contribution < -0.4 is 4.74 Å². The standard InChI is InChI=1S/C14H19NO4/c1-3-18-8-9(2)19-13-11(14(16)17)7-10-5-4-6-12(10)15-13/h7,9H,3-6,8H2,1-2H3,(H,16,17). The lowest BCUT2D eigenvalue weighted by Gasteiger charge is -2.16. The lowest BCUT2D eigenvalue weighted by Crippen LogP contribution is -2.21. The maximum atomic E-state index is 11.3. The van der Waals surface area contributed by atoms with Crippen molar-refractivity contribution in [2.24, 2.45) is 0 Å². The predicted molar refractivity (Wildman–Crippen MR) is 69.8 cm³/mol. The van der Waals surface area contributed by atoms with E-state index < -0.39 is 5.97 Å². The third kappa shape index (κ3) is 3.23. The highest BCUT2D eigenvalue weighted by Gasteiger charge is 2.22. The number of hydrogen-bond donors (Lipinski definition) is 1. The highest BCUT2D eigenvalue weighted by atomic mass is 16.5. The van der Waals surface area contributed by atoms with E-state index in [1.807, 2.05) is 13.8 Å². The molecule has 1 aromatic heterocycles. The summed E-state index contributed by atoms with van der Waals surface area (Å²) in [5.41, 5.74) is 2.13. The number of carboxylic acid groups (broad SMARTS) is 1. The average Bonchev–Trinajstić information content (AvgIpc) is 2.82. The van der Waals surface area contributed by atoms with E-state index in [9.17, 15) is 9.90 Å². The zero-order valence-electron chi connectivity index (χ0n) is 11.3. The summed E-state index contributed by atoms with van der Waals surface area (Å²) >= 11 is 0. The van der Waals surface area contributed by atoms with Crippen molar-refractivity contribution in [2.45, 2.75) is 39.2 Å². The van der Waals surface area contributed by atoms with Gasteiger partial charge in [-0.3, -0.25) is 0 Å². The van der Waals surface area contributed by atoms with E-state index >= 15 is 0 Å². The lowest BCUT2D eigenvalue weighted by atomic mass is 10.1. The van der Waals surface area contributed by atoms with Crippen molar-refractivity contribution in [3.05, 3.63) is 22.9 Å². The van der Waals surface area contributed by atoms with Crippen LogP contribution in [-0.2, 0) is 17.6 Å². The first kappa shape index (κ1) is 13.8. The largest absolute Gasteiger partial charge is 0.477 e. The van der Waals surface area contributed by atoms with E-state index in [0.29, 0.717) is 13.2 Å². The van der Waals surface area contributed by atoms with Crippen LogP contribution in [0.1, 0.15) is 41.9 Å². The van der Waals surface area contributed by atoms with Crippen LogP contribution in [0.5, 0.6) is 5.88 Å². The molecule has 0 saturated heterocycles. The molecule has 1 aliphatic rings. The number of fused-ring (bicyclic) bond motifs is 1. The Bertz CT molecular complexity index is 473. The Kier molecular flexibility index (Phi) is 4.37. The number of pyridine rings is 1. The Morgan fingerprint density at radius 3 is 3.00 bits per heavy atom. The number of carbonyl (C=O) groups is 1. The summed E-state index contributed by atoms with van der Waals surface area (Å²) in [7, 11) is 0. The molecule has 1 atom stereocenters. The molecule has 5 heteroatoms. The lowest BCUT2D eigenvalue weighted by molar-refractivity contribution is 0.0586. The first-order chi connectivity index (χ1) is 9.11. The van der Waals surface area contributed by atoms with Crippen LogP contribution in [0.25, 0.3) is 0 Å². The van der Waals surface area contributed by atoms with Gasteiger partial charge in [0.25, 0.3) is 0 Å². The summed E-state index contributed by atoms with van der Waals surface area (Å²) in [4.78, 5) is 15.6. The SMILES string of the molecule is CCOCC(C)Oc1nc2c(cc1C(=O)O)CCC2. The van der Waals surface area contributed by atoms with Crippen LogP contribution in [-0.4, -0.2) is 35.4 Å². The number of ether oxygens (including phenoxy) is 2. The summed E-state index contributed by atoms with van der Waals surface area (Å²) in [5, 5.41) is 9.23. The van der Waals surface area contributed by atoms with Crippen molar-refractivity contribution in [2.75, 3.05) is 13.2 Å². The number of hydrogen-bond acceptors (Lipinski definition) is 4. The van der Waals surface area contributed by atoms with E-state index in [1.54, 1.807) is 6.07 Å². The fourth-order valence-electron chi connectivity index (χ4n) is 2.20. The van der Waals surface area contributed by atoms with E-state index in [4.69, 9.17) is 9.47 Å². The van der Waals surface area contributed by atoms with Gasteiger partial charge in [0.15, 0.2) is 0 Å². The van der Waals surface area contributed by atoms with Crippen molar-refractivity contribution in [3.8, 4) is 5.88 Å². The Morgan fingerprint density at radius 1 is 1.53 bits per heavy atom. The van der Waals surface area contributed by atoms with Crippen LogP contribution in [0.2, 0.25) is 0 Å². The molecule has 0 aromatic carbocycles. The van der Waals surface area contributed by atoms with Gasteiger partial charge in [-0.15, -0.1) is 0 Å². The maximum absolute atomic E-state index is 11.3. The minimum atomic E-state index is -0.999. The Morgan fingerprint density at radius 2 is 2.32 bits per heavy atom. The summed E-state index contributed by atoms with van der Waals surface area (Å²) in [5.74, 6) is -0.791. The molecule has 1 heterocycles. The number of aromatic nitrogens is 1. The third-order valence-corrected chi connectivity index (χ3v) is 3.12. The van der Waals surface area contributed by atoms with Gasteiger partial charge in [0, 0.05) is 12.3 Å². The molecule has 1 aromatic rings. The van der Waals surface area contributed by atoms with Gasteiger partial charge < -0.3 is 14.6 Å². The molecule has 0 spiro atoms. The van der Waals surface area contributed by atoms with Gasteiger partial charge in [-0.05, 0) is 44.7 Å². The van der Waals surface area contributed by atoms with Gasteiger partial charge >= 0.3 is 5.97 Å². The maximum Gasteiger partial charge on any atom is 0.341 e. The molecular weight excluding hydrogens is 246 g/mol. The van der Waals surface area contributed by atoms with Gasteiger partial charge in [0.2, 0.25) is 5.88 Å². The minimum absolute atomic E-state index is 0.143. The van der Waals surface area contributed by atoms with Crippen LogP contribution in [0.15, 0.2) is 6.07 Å². The molecule has 19 heavy (non-hydrogen) atoms. The highest BCUT2D eigenvalue weighted by Crippen LogP contribution is 2.27. The van der Waals surface area contributed by atoms with Gasteiger partial charge in [-0.25, -0.2) is 9.78 Å². The molecule has 2 rings (SSSR count). The molecule has 5 nitrogen and oxygen atoms in total. The first-order valence-corrected chi connectivity index (χ1v) is 6.62. The third-order valence-electron chi connectivity index (χ3n) is 3.12. The van der Waals surface area contributed by atoms with Crippen LogP contribution in [0, 0.1) is 0 Å². The molecule has 0 saturated carbocycles. The normalized spacial score (nSPS) is 15.1. The first-order valence-electron chi connectivity index (χ1n) is 6.62. The molecular formula is C14H19NO4. The summed E-state index contributed by atoms with van der Waals surface area (Å²) in [6.45, 7) is 4.78. The van der Waals surface area contributed by atoms with Crippen LogP contribution in [0.3, 0.4) is 0 Å². The Hall–Kier alpha value is -1.62. The zero-order chi connectivity index (χ0) is 13.8. The van der Waals surface area contributed by atoms with Gasteiger partial charge in [0.1, 0.15) is 11.7 Å². The van der Waals surface area contributed by atoms with E-state index in [1.165, 1.54) is 0 Å². The molecule has 0 bridgehead atoms. The number of aryl methyl sites for hydroxylation is 2. The van der Waals surface area contributed by atoms with Crippen LogP contribution >= 0.6 is 0 Å². The smallest absolute Gasteiger partial charge is 0.341 e. The molecule has 104 valence electrons. The van der Waals surface area contributed by atoms with Crippen molar-refractivity contribution in [1.82, 2.24) is 4.98 Å². The molecule has 0 radical (unpaired) electrons. The number of aromatic carboxylic acids is 1. The second-order valence-corrected chi connectivity index (χ2v) is 4.69. The molecule has 1 N–H and O–H groups in total. The zero-order valence-corrected chi connectivity index (χ0v) is 11.3. The number of rotatable bonds is 6. The van der Waals surface area contributed by atoms with Crippen molar-refractivity contribution < 1.29 is 19.4 Å². The topological polar surface area (TPSA) is 68.7 Å². The predicted octanol–water partition coefficient (Wildman–Crippen LogP) is 2.07. The second kappa shape index (κ2) is 6.02. The van der Waals surface area contributed by atoms with Crippen molar-refractivity contribution in [1.29, 1.82) is 0 Å². The summed E-state index contributed by atoms with van der Waals surface area (Å²) < 4.78 is 10.9. The van der Waals surface area contributed by atoms with Crippen LogP contribution in [0.4, 0.5) is 0 Å². The highest BCUT2D eigenvalue weighted by molar-refractivity contribution is 5.90. The second-order valence-electron chi connectivity index (χ2n) is 4.69. The quantitative estimate of drug-likeness (QED) is 0.852. The fraction of sp³-hybridized carbons (Fsp3) is 0.571. The molecule has 0 aliphatic heterocycles. The molecule has 0 fully saturated rings. The Balaban J connectivity index is 2.20. The molecule has 0 amide bonds. The monoisotopic (exact) mass is 265 g/mol. The van der Waals surface area contributed by atoms with Crippen molar-refractivity contribution in [3.63, 3.8) is 0 Å². The summed E-state index contributed by atoms with van der Waals surface area (Å²) in [6.07, 6.45) is 2.60. The van der Waals surface area contributed by atoms with E-state index in [0.717, 1.165) is 30.5 Å². The molecule has 1 aliphatic carbocycles. The van der Waals surface area contributed by atoms with Gasteiger partial charge in [-0.2, -0.15) is 0 Å². The van der Waals surface area contributed by atoms with E-state index in [2.05, 4.69) is 4.98 Å². The Labute approximate surface area is 112 Å². The molecule has 1 unspecified atom stereocenters. The summed E-state index contributed by atoms with van der Waals surface area (Å²) in [6, 6.07) is 1.69. The van der Waals surface area contributed by atoms with Gasteiger partial charge in [-0.1, -0.05) is 0 Å².